The minimum absolute atomic E-state index is 0.105. The Morgan fingerprint density at radius 3 is 2.68 bits per heavy atom. The van der Waals surface area contributed by atoms with Gasteiger partial charge >= 0.3 is 0 Å². The summed E-state index contributed by atoms with van der Waals surface area (Å²) in [5, 5.41) is 15.1. The Morgan fingerprint density at radius 1 is 1.27 bits per heavy atom. The molecule has 22 heavy (non-hydrogen) atoms. The zero-order valence-electron chi connectivity index (χ0n) is 11.4. The highest BCUT2D eigenvalue weighted by molar-refractivity contribution is 7.80. The maximum atomic E-state index is 11.0. The molecule has 2 aromatic rings. The first-order chi connectivity index (χ1) is 10.6. The summed E-state index contributed by atoms with van der Waals surface area (Å²) in [6.07, 6.45) is 1.84. The SMILES string of the molecule is O=[N+]([O-])c1cccc(Cl)c1C=NNC(=S)Cc1ccccc1. The van der Waals surface area contributed by atoms with E-state index in [-0.39, 0.29) is 16.3 Å². The van der Waals surface area contributed by atoms with Crippen molar-refractivity contribution in [2.75, 3.05) is 0 Å². The smallest absolute Gasteiger partial charge is 0.271 e. The number of hydrogen-bond acceptors (Lipinski definition) is 4. The van der Waals surface area contributed by atoms with Crippen molar-refractivity contribution < 1.29 is 4.92 Å². The molecule has 0 fully saturated rings. The van der Waals surface area contributed by atoms with E-state index < -0.39 is 4.92 Å². The predicted octanol–water partition coefficient (Wildman–Crippen LogP) is 3.74. The van der Waals surface area contributed by atoms with E-state index >= 15 is 0 Å². The molecular formula is C15H12ClN3O2S. The molecule has 7 heteroatoms. The monoisotopic (exact) mass is 333 g/mol. The molecule has 0 saturated carbocycles. The summed E-state index contributed by atoms with van der Waals surface area (Å²) in [6.45, 7) is 0. The number of halogens is 1. The van der Waals surface area contributed by atoms with Crippen LogP contribution in [0.1, 0.15) is 11.1 Å². The molecule has 0 spiro atoms. The Labute approximate surface area is 137 Å². The minimum Gasteiger partial charge on any atom is -0.271 e. The van der Waals surface area contributed by atoms with Gasteiger partial charge in [-0.1, -0.05) is 60.2 Å². The lowest BCUT2D eigenvalue weighted by Gasteiger charge is -2.03. The lowest BCUT2D eigenvalue weighted by molar-refractivity contribution is -0.385. The van der Waals surface area contributed by atoms with Crippen LogP contribution in [-0.4, -0.2) is 16.1 Å². The van der Waals surface area contributed by atoms with Gasteiger partial charge in [0, 0.05) is 12.5 Å². The van der Waals surface area contributed by atoms with E-state index in [4.69, 9.17) is 23.8 Å². The Balaban J connectivity index is 2.04. The molecule has 0 heterocycles. The molecule has 1 N–H and O–H groups in total. The molecule has 0 aromatic heterocycles. The Hall–Kier alpha value is -2.31. The molecule has 2 aromatic carbocycles. The van der Waals surface area contributed by atoms with Crippen LogP contribution >= 0.6 is 23.8 Å². The van der Waals surface area contributed by atoms with E-state index in [1.165, 1.54) is 18.3 Å². The van der Waals surface area contributed by atoms with Crippen LogP contribution in [0.4, 0.5) is 5.69 Å². The molecule has 0 aliphatic rings. The van der Waals surface area contributed by atoms with Crippen LogP contribution < -0.4 is 5.43 Å². The second kappa shape index (κ2) is 7.63. The van der Waals surface area contributed by atoms with E-state index in [0.29, 0.717) is 11.4 Å². The fourth-order valence-electron chi connectivity index (χ4n) is 1.80. The molecule has 0 radical (unpaired) electrons. The largest absolute Gasteiger partial charge is 0.279 e. The van der Waals surface area contributed by atoms with E-state index in [2.05, 4.69) is 10.5 Å². The number of thiocarbonyl (C=S) groups is 1. The van der Waals surface area contributed by atoms with Gasteiger partial charge in [0.25, 0.3) is 5.69 Å². The molecule has 2 rings (SSSR count). The molecule has 0 aliphatic carbocycles. The molecule has 5 nitrogen and oxygen atoms in total. The van der Waals surface area contributed by atoms with Crippen molar-refractivity contribution in [1.29, 1.82) is 0 Å². The zero-order valence-corrected chi connectivity index (χ0v) is 13.0. The molecule has 0 unspecified atom stereocenters. The summed E-state index contributed by atoms with van der Waals surface area (Å²) in [5.74, 6) is 0. The molecule has 112 valence electrons. The number of nitro groups is 1. The third-order valence-corrected chi connectivity index (χ3v) is 3.38. The van der Waals surface area contributed by atoms with Crippen LogP contribution in [0.5, 0.6) is 0 Å². The molecule has 0 atom stereocenters. The summed E-state index contributed by atoms with van der Waals surface area (Å²) in [5.41, 5.74) is 3.88. The topological polar surface area (TPSA) is 67.5 Å². The highest BCUT2D eigenvalue weighted by Crippen LogP contribution is 2.24. The van der Waals surface area contributed by atoms with E-state index in [1.807, 2.05) is 30.3 Å². The fraction of sp³-hybridized carbons (Fsp3) is 0.0667. The average Bonchev–Trinajstić information content (AvgIpc) is 2.49. The second-order valence-corrected chi connectivity index (χ2v) is 5.29. The van der Waals surface area contributed by atoms with Crippen LogP contribution in [-0.2, 0) is 6.42 Å². The average molecular weight is 334 g/mol. The quantitative estimate of drug-likeness (QED) is 0.392. The van der Waals surface area contributed by atoms with E-state index in [9.17, 15) is 10.1 Å². The molecular weight excluding hydrogens is 322 g/mol. The van der Waals surface area contributed by atoms with Gasteiger partial charge in [0.2, 0.25) is 0 Å². The van der Waals surface area contributed by atoms with Crippen molar-refractivity contribution >= 4 is 40.7 Å². The standard InChI is InChI=1S/C15H12ClN3O2S/c16-13-7-4-8-14(19(20)21)12(13)10-17-18-15(22)9-11-5-2-1-3-6-11/h1-8,10H,9H2,(H,18,22). The van der Waals surface area contributed by atoms with Crippen molar-refractivity contribution in [3.8, 4) is 0 Å². The number of hydrogen-bond donors (Lipinski definition) is 1. The highest BCUT2D eigenvalue weighted by Gasteiger charge is 2.14. The van der Waals surface area contributed by atoms with Gasteiger partial charge < -0.3 is 0 Å². The molecule has 0 amide bonds. The van der Waals surface area contributed by atoms with E-state index in [1.54, 1.807) is 6.07 Å². The summed E-state index contributed by atoms with van der Waals surface area (Å²) < 4.78 is 0. The van der Waals surface area contributed by atoms with Gasteiger partial charge in [-0.25, -0.2) is 0 Å². The van der Waals surface area contributed by atoms with Gasteiger partial charge in [0.05, 0.1) is 21.7 Å². The Morgan fingerprint density at radius 2 is 2.00 bits per heavy atom. The maximum Gasteiger partial charge on any atom is 0.279 e. The number of nitro benzene ring substituents is 1. The second-order valence-electron chi connectivity index (χ2n) is 4.39. The predicted molar refractivity (Wildman–Crippen MR) is 91.6 cm³/mol. The van der Waals surface area contributed by atoms with Crippen molar-refractivity contribution in [2.24, 2.45) is 5.10 Å². The van der Waals surface area contributed by atoms with Crippen LogP contribution in [0.15, 0.2) is 53.6 Å². The Kier molecular flexibility index (Phi) is 5.57. The lowest BCUT2D eigenvalue weighted by Crippen LogP contribution is -2.17. The lowest BCUT2D eigenvalue weighted by atomic mass is 10.1. The van der Waals surface area contributed by atoms with Gasteiger partial charge in [-0.05, 0) is 11.6 Å². The number of rotatable bonds is 5. The van der Waals surface area contributed by atoms with Crippen molar-refractivity contribution in [2.45, 2.75) is 6.42 Å². The Bertz CT molecular complexity index is 720. The number of benzene rings is 2. The van der Waals surface area contributed by atoms with Gasteiger partial charge in [-0.2, -0.15) is 5.10 Å². The normalized spacial score (nSPS) is 10.6. The summed E-state index contributed by atoms with van der Waals surface area (Å²) >= 11 is 11.1. The first-order valence-electron chi connectivity index (χ1n) is 6.36. The van der Waals surface area contributed by atoms with E-state index in [0.717, 1.165) is 5.56 Å². The van der Waals surface area contributed by atoms with Crippen molar-refractivity contribution in [1.82, 2.24) is 5.43 Å². The van der Waals surface area contributed by atoms with Crippen LogP contribution in [0.2, 0.25) is 5.02 Å². The van der Waals surface area contributed by atoms with Gasteiger partial charge in [-0.3, -0.25) is 15.5 Å². The molecule has 0 saturated heterocycles. The molecule has 0 bridgehead atoms. The number of nitrogens with one attached hydrogen (secondary N) is 1. The molecule has 0 aliphatic heterocycles. The van der Waals surface area contributed by atoms with Crippen LogP contribution in [0.25, 0.3) is 0 Å². The van der Waals surface area contributed by atoms with Gasteiger partial charge in [0.1, 0.15) is 4.99 Å². The van der Waals surface area contributed by atoms with Gasteiger partial charge in [0.15, 0.2) is 0 Å². The van der Waals surface area contributed by atoms with Crippen molar-refractivity contribution in [3.63, 3.8) is 0 Å². The highest BCUT2D eigenvalue weighted by atomic mass is 35.5. The first-order valence-corrected chi connectivity index (χ1v) is 7.15. The third kappa shape index (κ3) is 4.34. The van der Waals surface area contributed by atoms with Crippen LogP contribution in [0.3, 0.4) is 0 Å². The van der Waals surface area contributed by atoms with Gasteiger partial charge in [-0.15, -0.1) is 0 Å². The maximum absolute atomic E-state index is 11.0. The summed E-state index contributed by atoms with van der Waals surface area (Å²) in [4.78, 5) is 11.0. The summed E-state index contributed by atoms with van der Waals surface area (Å²) in [7, 11) is 0. The fourth-order valence-corrected chi connectivity index (χ4v) is 2.24. The third-order valence-electron chi connectivity index (χ3n) is 2.82. The number of nitrogens with zero attached hydrogens (tertiary/aromatic N) is 2. The zero-order chi connectivity index (χ0) is 15.9. The number of hydrazone groups is 1. The summed E-state index contributed by atoms with van der Waals surface area (Å²) in [6, 6.07) is 14.1. The first kappa shape index (κ1) is 16.1. The van der Waals surface area contributed by atoms with Crippen molar-refractivity contribution in [3.05, 3.63) is 74.8 Å². The van der Waals surface area contributed by atoms with Crippen LogP contribution in [0, 0.1) is 10.1 Å². The minimum atomic E-state index is -0.504.